The molecule has 0 saturated carbocycles. The maximum Gasteiger partial charge on any atom is 0.282 e. The molecule has 1 heterocycles. The molecule has 1 aliphatic heterocycles. The minimum atomic E-state index is -3.69. The fourth-order valence-electron chi connectivity index (χ4n) is 3.51. The van der Waals surface area contributed by atoms with Crippen molar-refractivity contribution in [1.82, 2.24) is 8.61 Å². The van der Waals surface area contributed by atoms with Crippen molar-refractivity contribution in [3.05, 3.63) is 24.3 Å². The van der Waals surface area contributed by atoms with E-state index in [0.717, 1.165) is 6.42 Å². The second kappa shape index (κ2) is 9.49. The zero-order valence-electron chi connectivity index (χ0n) is 16.9. The van der Waals surface area contributed by atoms with Gasteiger partial charge in [-0.3, -0.25) is 9.59 Å². The van der Waals surface area contributed by atoms with Gasteiger partial charge in [0.15, 0.2) is 0 Å². The van der Waals surface area contributed by atoms with Crippen LogP contribution in [0.25, 0.3) is 0 Å². The summed E-state index contributed by atoms with van der Waals surface area (Å²) >= 11 is 0. The van der Waals surface area contributed by atoms with Gasteiger partial charge in [0.25, 0.3) is 10.2 Å². The van der Waals surface area contributed by atoms with E-state index in [0.29, 0.717) is 36.3 Å². The molecule has 2 N–H and O–H groups in total. The van der Waals surface area contributed by atoms with E-state index in [1.54, 1.807) is 31.2 Å². The molecule has 0 aromatic heterocycles. The Morgan fingerprint density at radius 3 is 2.04 bits per heavy atom. The highest BCUT2D eigenvalue weighted by Gasteiger charge is 2.34. The third kappa shape index (κ3) is 6.02. The summed E-state index contributed by atoms with van der Waals surface area (Å²) in [4.78, 5) is 23.4. The molecule has 0 bridgehead atoms. The molecule has 2 rings (SSSR count). The lowest BCUT2D eigenvalue weighted by Crippen LogP contribution is -2.51. The molecule has 0 unspecified atom stereocenters. The number of likely N-dealkylation sites (N-methyl/N-ethyl adjacent to an activating group) is 1. The third-order valence-corrected chi connectivity index (χ3v) is 6.64. The first kappa shape index (κ1) is 22.3. The van der Waals surface area contributed by atoms with Gasteiger partial charge in [0.1, 0.15) is 0 Å². The highest BCUT2D eigenvalue weighted by Crippen LogP contribution is 2.24. The van der Waals surface area contributed by atoms with Crippen molar-refractivity contribution in [3.8, 4) is 0 Å². The molecule has 1 aromatic rings. The Morgan fingerprint density at radius 2 is 1.57 bits per heavy atom. The zero-order chi connectivity index (χ0) is 20.9. The summed E-state index contributed by atoms with van der Waals surface area (Å²) in [5, 5.41) is 5.35. The van der Waals surface area contributed by atoms with Crippen LogP contribution in [0.3, 0.4) is 0 Å². The number of carbonyl (C=O) groups is 2. The maximum absolute atomic E-state index is 13.0. The molecule has 1 aliphatic rings. The smallest absolute Gasteiger partial charge is 0.282 e. The van der Waals surface area contributed by atoms with Crippen LogP contribution in [-0.2, 0) is 19.8 Å². The molecule has 2 atom stereocenters. The largest absolute Gasteiger partial charge is 0.326 e. The Kier molecular flexibility index (Phi) is 7.56. The van der Waals surface area contributed by atoms with Gasteiger partial charge in [-0.05, 0) is 42.5 Å². The summed E-state index contributed by atoms with van der Waals surface area (Å²) in [5.74, 6) is 0.0131. The van der Waals surface area contributed by atoms with E-state index in [4.69, 9.17) is 0 Å². The predicted molar refractivity (Wildman–Crippen MR) is 110 cm³/mol. The van der Waals surface area contributed by atoms with Crippen LogP contribution >= 0.6 is 0 Å². The van der Waals surface area contributed by atoms with Crippen molar-refractivity contribution < 1.29 is 18.0 Å². The molecule has 0 spiro atoms. The van der Waals surface area contributed by atoms with Crippen LogP contribution < -0.4 is 10.6 Å². The molecule has 0 aliphatic carbocycles. The lowest BCUT2D eigenvalue weighted by atomic mass is 9.94. The quantitative estimate of drug-likeness (QED) is 0.719. The first-order chi connectivity index (χ1) is 13.1. The molecule has 1 fully saturated rings. The summed E-state index contributed by atoms with van der Waals surface area (Å²) in [6, 6.07) is 6.65. The van der Waals surface area contributed by atoms with Gasteiger partial charge in [0, 0.05) is 37.9 Å². The fourth-order valence-corrected chi connectivity index (χ4v) is 5.33. The van der Waals surface area contributed by atoms with Gasteiger partial charge in [-0.1, -0.05) is 20.8 Å². The van der Waals surface area contributed by atoms with Crippen molar-refractivity contribution in [1.29, 1.82) is 0 Å². The Labute approximate surface area is 167 Å². The SMILES string of the molecule is CCN(CC(=O)Nc1ccc(NC(C)=O)cc1)S(=O)(=O)N1C[C@H](C)C[C@@H](C)C1. The number of hydrogen-bond acceptors (Lipinski definition) is 4. The van der Waals surface area contributed by atoms with E-state index in [-0.39, 0.29) is 19.0 Å². The van der Waals surface area contributed by atoms with Crippen LogP contribution in [0, 0.1) is 11.8 Å². The minimum absolute atomic E-state index is 0.179. The predicted octanol–water partition coefficient (Wildman–Crippen LogP) is 2.13. The summed E-state index contributed by atoms with van der Waals surface area (Å²) in [7, 11) is -3.69. The second-order valence-corrected chi connectivity index (χ2v) is 9.43. The summed E-state index contributed by atoms with van der Waals surface area (Å²) in [6.45, 7) is 8.17. The molecule has 0 radical (unpaired) electrons. The normalized spacial score (nSPS) is 20.8. The van der Waals surface area contributed by atoms with E-state index in [9.17, 15) is 18.0 Å². The topological polar surface area (TPSA) is 98.8 Å². The van der Waals surface area contributed by atoms with Crippen LogP contribution in [0.2, 0.25) is 0 Å². The van der Waals surface area contributed by atoms with Crippen LogP contribution in [0.15, 0.2) is 24.3 Å². The van der Waals surface area contributed by atoms with Gasteiger partial charge in [0.2, 0.25) is 11.8 Å². The number of anilines is 2. The zero-order valence-corrected chi connectivity index (χ0v) is 17.8. The number of nitrogens with zero attached hydrogens (tertiary/aromatic N) is 2. The minimum Gasteiger partial charge on any atom is -0.326 e. The van der Waals surface area contributed by atoms with Crippen LogP contribution in [-0.4, -0.2) is 55.0 Å². The molecule has 28 heavy (non-hydrogen) atoms. The number of hydrogen-bond donors (Lipinski definition) is 2. The second-order valence-electron chi connectivity index (χ2n) is 7.50. The van der Waals surface area contributed by atoms with Gasteiger partial charge in [-0.2, -0.15) is 17.0 Å². The molecule has 9 heteroatoms. The van der Waals surface area contributed by atoms with E-state index in [1.165, 1.54) is 15.5 Å². The summed E-state index contributed by atoms with van der Waals surface area (Å²) in [5.41, 5.74) is 1.16. The van der Waals surface area contributed by atoms with Crippen LogP contribution in [0.5, 0.6) is 0 Å². The van der Waals surface area contributed by atoms with E-state index >= 15 is 0 Å². The number of nitrogens with one attached hydrogen (secondary N) is 2. The molecule has 8 nitrogen and oxygen atoms in total. The standard InChI is InChI=1S/C19H30N4O4S/c1-5-22(28(26,27)23-11-14(2)10-15(3)12-23)13-19(25)21-18-8-6-17(7-9-18)20-16(4)24/h6-9,14-15H,5,10-13H2,1-4H3,(H,20,24)(H,21,25)/t14-,15-/m1/s1. The van der Waals surface area contributed by atoms with Crippen molar-refractivity contribution in [2.75, 3.05) is 36.8 Å². The monoisotopic (exact) mass is 410 g/mol. The van der Waals surface area contributed by atoms with Gasteiger partial charge in [-0.15, -0.1) is 0 Å². The Balaban J connectivity index is 2.01. The van der Waals surface area contributed by atoms with E-state index < -0.39 is 16.1 Å². The van der Waals surface area contributed by atoms with Gasteiger partial charge >= 0.3 is 0 Å². The number of benzene rings is 1. The molecule has 2 amide bonds. The van der Waals surface area contributed by atoms with Gasteiger partial charge in [-0.25, -0.2) is 0 Å². The Morgan fingerprint density at radius 1 is 1.07 bits per heavy atom. The highest BCUT2D eigenvalue weighted by molar-refractivity contribution is 7.86. The first-order valence-electron chi connectivity index (χ1n) is 9.54. The van der Waals surface area contributed by atoms with Crippen molar-refractivity contribution >= 4 is 33.4 Å². The van der Waals surface area contributed by atoms with Crippen molar-refractivity contribution in [2.24, 2.45) is 11.8 Å². The summed E-state index contributed by atoms with van der Waals surface area (Å²) in [6.07, 6.45) is 1.01. The maximum atomic E-state index is 13.0. The average molecular weight is 411 g/mol. The Hall–Kier alpha value is -1.97. The highest BCUT2D eigenvalue weighted by atomic mass is 32.2. The van der Waals surface area contributed by atoms with E-state index in [2.05, 4.69) is 10.6 Å². The van der Waals surface area contributed by atoms with Crippen LogP contribution in [0.1, 0.15) is 34.1 Å². The summed E-state index contributed by atoms with van der Waals surface area (Å²) < 4.78 is 28.6. The molecule has 156 valence electrons. The lowest BCUT2D eigenvalue weighted by molar-refractivity contribution is -0.116. The fraction of sp³-hybridized carbons (Fsp3) is 0.579. The lowest BCUT2D eigenvalue weighted by Gasteiger charge is -2.36. The first-order valence-corrected chi connectivity index (χ1v) is 10.9. The van der Waals surface area contributed by atoms with E-state index in [1.807, 2.05) is 13.8 Å². The molecule has 1 saturated heterocycles. The van der Waals surface area contributed by atoms with Gasteiger partial charge < -0.3 is 10.6 Å². The number of rotatable bonds is 7. The Bertz CT molecular complexity index is 785. The number of amides is 2. The van der Waals surface area contributed by atoms with Gasteiger partial charge in [0.05, 0.1) is 6.54 Å². The van der Waals surface area contributed by atoms with Crippen molar-refractivity contribution in [3.63, 3.8) is 0 Å². The molecule has 1 aromatic carbocycles. The molecular formula is C19H30N4O4S. The van der Waals surface area contributed by atoms with Crippen LogP contribution in [0.4, 0.5) is 11.4 Å². The average Bonchev–Trinajstić information content (AvgIpc) is 2.60. The third-order valence-electron chi connectivity index (χ3n) is 4.65. The van der Waals surface area contributed by atoms with Crippen molar-refractivity contribution in [2.45, 2.75) is 34.1 Å². The number of carbonyl (C=O) groups excluding carboxylic acids is 2. The molecular weight excluding hydrogens is 380 g/mol. The number of piperidine rings is 1.